The van der Waals surface area contributed by atoms with E-state index in [-0.39, 0.29) is 89.9 Å². The van der Waals surface area contributed by atoms with E-state index in [2.05, 4.69) is 72.6 Å². The fourth-order valence-electron chi connectivity index (χ4n) is 15.2. The lowest BCUT2D eigenvalue weighted by molar-refractivity contribution is -0.139. The van der Waals surface area contributed by atoms with Gasteiger partial charge in [-0.2, -0.15) is 0 Å². The molecule has 10 atom stereocenters. The maximum atomic E-state index is 13.6. The molecule has 0 aromatic heterocycles. The lowest BCUT2D eigenvalue weighted by Crippen LogP contribution is -2.54. The molecular formula is C67H88N6O14. The summed E-state index contributed by atoms with van der Waals surface area (Å²) in [6.07, 6.45) is 14.8. The maximum Gasteiger partial charge on any atom is 0.336 e. The molecule has 20 heteroatoms. The van der Waals surface area contributed by atoms with Crippen molar-refractivity contribution in [1.82, 2.24) is 31.9 Å². The lowest BCUT2D eigenvalue weighted by Gasteiger charge is -2.58. The summed E-state index contributed by atoms with van der Waals surface area (Å²) in [6, 6.07) is 9.98. The third-order valence-corrected chi connectivity index (χ3v) is 19.7. The predicted molar refractivity (Wildman–Crippen MR) is 328 cm³/mol. The third-order valence-electron chi connectivity index (χ3n) is 19.7. The zero-order chi connectivity index (χ0) is 62.7. The van der Waals surface area contributed by atoms with Crippen molar-refractivity contribution in [3.8, 4) is 28.2 Å². The van der Waals surface area contributed by atoms with Gasteiger partial charge in [-0.05, 0) is 165 Å². The first-order valence-corrected chi connectivity index (χ1v) is 31.3. The van der Waals surface area contributed by atoms with Crippen molar-refractivity contribution in [3.05, 3.63) is 87.6 Å². The molecule has 87 heavy (non-hydrogen) atoms. The number of hydrogen-bond acceptors (Lipinski definition) is 12. The molecule has 5 amide bonds. The van der Waals surface area contributed by atoms with Gasteiger partial charge in [-0.25, -0.2) is 4.79 Å². The first kappa shape index (κ1) is 65.4. The molecule has 5 aliphatic carbocycles. The number of phenols is 1. The van der Waals surface area contributed by atoms with E-state index in [9.17, 15) is 63.6 Å². The number of carboxylic acids is 3. The minimum atomic E-state index is -1.42. The second-order valence-electron chi connectivity index (χ2n) is 25.9. The van der Waals surface area contributed by atoms with Crippen LogP contribution in [0.25, 0.3) is 33.4 Å². The molecule has 0 saturated heterocycles. The molecule has 0 bridgehead atoms. The molecule has 1 heterocycles. The fourth-order valence-corrected chi connectivity index (χ4v) is 15.2. The number of rotatable bonds is 29. The Morgan fingerprint density at radius 2 is 1.38 bits per heavy atom. The van der Waals surface area contributed by atoms with Crippen LogP contribution >= 0.6 is 0 Å². The van der Waals surface area contributed by atoms with Crippen molar-refractivity contribution < 1.29 is 63.2 Å². The molecule has 0 radical (unpaired) electrons. The molecule has 470 valence electrons. The Labute approximate surface area is 508 Å². The van der Waals surface area contributed by atoms with Gasteiger partial charge < -0.3 is 56.7 Å². The number of hydrogen-bond donors (Lipinski definition) is 10. The van der Waals surface area contributed by atoms with E-state index in [1.54, 1.807) is 11.6 Å². The SMILES string of the molecule is CC(C)CCC[C@@H](C)C1CC[C@H]2[C@@H]3CC=C4C[C@@H](NCCCNC(=O)[C@H](CCC(=O)O)NC(=O)[C@H](CCC(=O)O)NC(=O)CCNC(=O)CCNC(=O)c5ccc(-c6c7ccc(=O)cc-7oc7cc(O)ccc67)c(C(=O)O)c5)CCC4(C)C3CCC12C. The highest BCUT2D eigenvalue weighted by molar-refractivity contribution is 6.09. The van der Waals surface area contributed by atoms with E-state index >= 15 is 0 Å². The molecule has 3 fully saturated rings. The van der Waals surface area contributed by atoms with Crippen molar-refractivity contribution in [2.24, 2.45) is 46.3 Å². The maximum absolute atomic E-state index is 13.6. The fraction of sp³-hybridized carbons (Fsp3) is 0.567. The van der Waals surface area contributed by atoms with Gasteiger partial charge in [0.1, 0.15) is 29.2 Å². The number of aromatic hydroxyl groups is 1. The van der Waals surface area contributed by atoms with Crippen molar-refractivity contribution in [2.45, 2.75) is 168 Å². The summed E-state index contributed by atoms with van der Waals surface area (Å²) in [4.78, 5) is 114. The summed E-state index contributed by atoms with van der Waals surface area (Å²) >= 11 is 0. The topological polar surface area (TPSA) is 320 Å². The first-order chi connectivity index (χ1) is 41.4. The molecule has 1 aliphatic heterocycles. The Balaban J connectivity index is 0.768. The highest BCUT2D eigenvalue weighted by atomic mass is 16.4. The Kier molecular flexibility index (Phi) is 21.7. The molecule has 2 aromatic carbocycles. The smallest absolute Gasteiger partial charge is 0.336 e. The van der Waals surface area contributed by atoms with Gasteiger partial charge in [0.25, 0.3) is 5.91 Å². The van der Waals surface area contributed by atoms with E-state index in [0.29, 0.717) is 40.9 Å². The van der Waals surface area contributed by atoms with E-state index in [4.69, 9.17) is 4.42 Å². The number of carbonyl (C=O) groups excluding carboxylic acids is 5. The number of amides is 5. The molecule has 4 unspecified atom stereocenters. The summed E-state index contributed by atoms with van der Waals surface area (Å²) in [5.74, 6) is -2.58. The summed E-state index contributed by atoms with van der Waals surface area (Å²) in [6.45, 7) is 12.9. The molecule has 20 nitrogen and oxygen atoms in total. The van der Waals surface area contributed by atoms with Crippen LogP contribution in [0.1, 0.15) is 171 Å². The number of carbonyl (C=O) groups is 8. The van der Waals surface area contributed by atoms with E-state index in [1.807, 2.05) is 0 Å². The summed E-state index contributed by atoms with van der Waals surface area (Å²) < 4.78 is 5.87. The number of aromatic carboxylic acids is 1. The average molecular weight is 1200 g/mol. The monoisotopic (exact) mass is 1200 g/mol. The Morgan fingerprint density at radius 1 is 0.667 bits per heavy atom. The van der Waals surface area contributed by atoms with E-state index in [1.165, 1.54) is 99.9 Å². The van der Waals surface area contributed by atoms with Gasteiger partial charge in [-0.15, -0.1) is 0 Å². The summed E-state index contributed by atoms with van der Waals surface area (Å²) in [5.41, 5.74) is 2.85. The number of aliphatic carboxylic acids is 2. The third kappa shape index (κ3) is 15.9. The predicted octanol–water partition coefficient (Wildman–Crippen LogP) is 8.80. The zero-order valence-corrected chi connectivity index (χ0v) is 50.9. The molecule has 6 aliphatic rings. The van der Waals surface area contributed by atoms with Crippen LogP contribution in [0.4, 0.5) is 0 Å². The first-order valence-electron chi connectivity index (χ1n) is 31.3. The van der Waals surface area contributed by atoms with Crippen LogP contribution in [0.3, 0.4) is 0 Å². The molecular weight excluding hydrogens is 1110 g/mol. The van der Waals surface area contributed by atoms with Gasteiger partial charge in [-0.3, -0.25) is 38.4 Å². The van der Waals surface area contributed by atoms with Gasteiger partial charge >= 0.3 is 17.9 Å². The standard InChI is InChI=1S/C67H88N6O14/c1-38(2)8-6-9-39(3)50-18-19-51-46-15-11-41-35-42(24-28-66(41,4)52(46)25-29-67(50,51)5)68-30-7-31-70-63(83)53(20-22-59(78)79)73-64(84)54(21-23-60(80)81)72-58(77)27-32-69-57(76)26-33-71-62(82)40-10-14-45(49(34-40)65(85)86)61-47-16-12-43(74)36-55(47)87-56-37-44(75)13-17-48(56)61/h10-14,16-17,34,36-39,42,46,50-54,68,74H,6-9,15,18-33,35H2,1-5H3,(H,69,76)(H,70,83)(H,71,82)(H,72,77)(H,73,84)(H,78,79)(H,80,81)(H,85,86)/t39-,42+,46+,50?,51+,52?,53+,54+,66?,67?/m1/s1. The van der Waals surface area contributed by atoms with Crippen LogP contribution in [0.5, 0.6) is 5.75 Å². The van der Waals surface area contributed by atoms with E-state index in [0.717, 1.165) is 54.8 Å². The minimum Gasteiger partial charge on any atom is -0.508 e. The molecule has 0 spiro atoms. The second kappa shape index (κ2) is 28.9. The van der Waals surface area contributed by atoms with Crippen molar-refractivity contribution >= 4 is 58.4 Å². The minimum absolute atomic E-state index is 0.0303. The highest BCUT2D eigenvalue weighted by Crippen LogP contribution is 2.67. The lowest BCUT2D eigenvalue weighted by atomic mass is 9.47. The zero-order valence-electron chi connectivity index (χ0n) is 50.9. The summed E-state index contributed by atoms with van der Waals surface area (Å²) in [5, 5.41) is 56.5. The number of nitrogens with one attached hydrogen (secondary N) is 6. The number of allylic oxidation sites excluding steroid dienone is 1. The molecule has 8 rings (SSSR count). The van der Waals surface area contributed by atoms with Gasteiger partial charge in [-0.1, -0.05) is 71.6 Å². The quantitative estimate of drug-likeness (QED) is 0.0138. The van der Waals surface area contributed by atoms with Gasteiger partial charge in [0.2, 0.25) is 23.6 Å². The van der Waals surface area contributed by atoms with Crippen LogP contribution in [-0.2, 0) is 28.8 Å². The van der Waals surface area contributed by atoms with Crippen molar-refractivity contribution in [3.63, 3.8) is 0 Å². The van der Waals surface area contributed by atoms with Gasteiger partial charge in [0.05, 0.1) is 5.56 Å². The van der Waals surface area contributed by atoms with Crippen molar-refractivity contribution in [1.29, 1.82) is 0 Å². The van der Waals surface area contributed by atoms with E-state index < -0.39 is 72.4 Å². The van der Waals surface area contributed by atoms with Crippen LogP contribution in [-0.4, -0.2) is 112 Å². The molecule has 10 N–H and O–H groups in total. The van der Waals surface area contributed by atoms with Gasteiger partial charge in [0, 0.05) is 85.6 Å². The van der Waals surface area contributed by atoms with Crippen LogP contribution in [0.2, 0.25) is 0 Å². The van der Waals surface area contributed by atoms with Crippen molar-refractivity contribution in [2.75, 3.05) is 26.2 Å². The summed E-state index contributed by atoms with van der Waals surface area (Å²) in [7, 11) is 0. The normalized spacial score (nSPS) is 23.2. The highest BCUT2D eigenvalue weighted by Gasteiger charge is 2.59. The number of phenolic OH excluding ortho intramolecular Hbond substituents is 1. The van der Waals surface area contributed by atoms with Crippen LogP contribution < -0.4 is 37.3 Å². The Bertz CT molecular complexity index is 3260. The average Bonchev–Trinajstić information content (AvgIpc) is 1.73. The molecule has 2 aromatic rings. The number of carboxylic acid groups (broad SMARTS) is 3. The second-order valence-corrected chi connectivity index (χ2v) is 25.9. The van der Waals surface area contributed by atoms with Gasteiger partial charge in [0.15, 0.2) is 5.43 Å². The largest absolute Gasteiger partial charge is 0.508 e. The number of benzene rings is 3. The van der Waals surface area contributed by atoms with Crippen LogP contribution in [0, 0.1) is 46.3 Å². The number of fused-ring (bicyclic) bond motifs is 7. The Hall–Kier alpha value is -7.61. The molecule has 3 saturated carbocycles. The van der Waals surface area contributed by atoms with Crippen LogP contribution in [0.15, 0.2) is 75.5 Å². The Morgan fingerprint density at radius 3 is 2.10 bits per heavy atom.